The summed E-state index contributed by atoms with van der Waals surface area (Å²) in [7, 11) is -3.58. The number of amides is 1. The van der Waals surface area contributed by atoms with Crippen LogP contribution < -0.4 is 5.32 Å². The Morgan fingerprint density at radius 3 is 2.55 bits per heavy atom. The van der Waals surface area contributed by atoms with Gasteiger partial charge in [-0.15, -0.1) is 5.10 Å². The molecule has 0 aliphatic heterocycles. The number of nitrogens with zero attached hydrogens (tertiary/aromatic N) is 2. The van der Waals surface area contributed by atoms with Gasteiger partial charge in [0, 0.05) is 12.0 Å². The van der Waals surface area contributed by atoms with E-state index in [2.05, 4.69) is 15.5 Å². The minimum Gasteiger partial charge on any atom is -0.403 e. The first-order valence-electron chi connectivity index (χ1n) is 8.94. The second kappa shape index (κ2) is 8.52. The first-order valence-corrected chi connectivity index (χ1v) is 10.6. The number of halogens is 1. The summed E-state index contributed by atoms with van der Waals surface area (Å²) in [6.45, 7) is 3.86. The van der Waals surface area contributed by atoms with Crippen molar-refractivity contribution in [3.63, 3.8) is 0 Å². The van der Waals surface area contributed by atoms with E-state index in [1.54, 1.807) is 0 Å². The van der Waals surface area contributed by atoms with E-state index in [0.717, 1.165) is 28.8 Å². The van der Waals surface area contributed by atoms with Crippen molar-refractivity contribution in [1.82, 2.24) is 10.2 Å². The van der Waals surface area contributed by atoms with Gasteiger partial charge in [0.1, 0.15) is 5.82 Å². The van der Waals surface area contributed by atoms with Crippen LogP contribution in [0, 0.1) is 19.7 Å². The molecule has 1 N–H and O–H groups in total. The fourth-order valence-electron chi connectivity index (χ4n) is 2.71. The number of hydrogen-bond acceptors (Lipinski definition) is 6. The van der Waals surface area contributed by atoms with E-state index in [0.29, 0.717) is 5.89 Å². The normalized spacial score (nSPS) is 11.4. The van der Waals surface area contributed by atoms with Crippen LogP contribution in [0.4, 0.5) is 10.4 Å². The maximum Gasteiger partial charge on any atom is 0.322 e. The summed E-state index contributed by atoms with van der Waals surface area (Å²) >= 11 is 0. The minimum atomic E-state index is -3.58. The topological polar surface area (TPSA) is 102 Å². The molecule has 0 fully saturated rings. The summed E-state index contributed by atoms with van der Waals surface area (Å²) < 4.78 is 42.8. The first-order chi connectivity index (χ1) is 13.7. The van der Waals surface area contributed by atoms with Crippen molar-refractivity contribution in [2.75, 3.05) is 11.1 Å². The Hall–Kier alpha value is -3.07. The Labute approximate surface area is 167 Å². The standard InChI is InChI=1S/C20H20FN3O4S/c1-13-5-6-14(2)17(12-13)19-23-24-20(28-19)22-18(25)4-3-11-29(26,27)16-9-7-15(21)8-10-16/h5-10,12H,3-4,11H2,1-2H3,(H,22,24,25). The number of sulfone groups is 1. The van der Waals surface area contributed by atoms with Crippen molar-refractivity contribution in [3.05, 3.63) is 59.4 Å². The molecule has 0 saturated heterocycles. The van der Waals surface area contributed by atoms with Crippen molar-refractivity contribution in [2.24, 2.45) is 0 Å². The van der Waals surface area contributed by atoms with Gasteiger partial charge in [-0.2, -0.15) is 0 Å². The Bertz CT molecular complexity index is 1120. The number of anilines is 1. The van der Waals surface area contributed by atoms with Crippen LogP contribution in [0.3, 0.4) is 0 Å². The molecule has 0 atom stereocenters. The lowest BCUT2D eigenvalue weighted by Crippen LogP contribution is -2.14. The second-order valence-electron chi connectivity index (χ2n) is 6.66. The largest absolute Gasteiger partial charge is 0.403 e. The molecule has 9 heteroatoms. The molecule has 0 aliphatic rings. The summed E-state index contributed by atoms with van der Waals surface area (Å²) in [6, 6.07) is 10.4. The van der Waals surface area contributed by atoms with Crippen LogP contribution in [0.5, 0.6) is 0 Å². The zero-order chi connectivity index (χ0) is 21.0. The molecule has 0 spiro atoms. The van der Waals surface area contributed by atoms with E-state index >= 15 is 0 Å². The van der Waals surface area contributed by atoms with Gasteiger partial charge < -0.3 is 4.42 Å². The summed E-state index contributed by atoms with van der Waals surface area (Å²) in [5.41, 5.74) is 2.78. The summed E-state index contributed by atoms with van der Waals surface area (Å²) in [5.74, 6) is -0.886. The Morgan fingerprint density at radius 2 is 1.83 bits per heavy atom. The van der Waals surface area contributed by atoms with Crippen LogP contribution in [-0.4, -0.2) is 30.3 Å². The lowest BCUT2D eigenvalue weighted by Gasteiger charge is -2.04. The molecule has 0 radical (unpaired) electrons. The molecule has 1 heterocycles. The van der Waals surface area contributed by atoms with Crippen LogP contribution in [0.2, 0.25) is 0 Å². The monoisotopic (exact) mass is 417 g/mol. The van der Waals surface area contributed by atoms with Gasteiger partial charge in [0.05, 0.1) is 10.6 Å². The predicted octanol–water partition coefficient (Wildman–Crippen LogP) is 3.69. The third kappa shape index (κ3) is 5.26. The van der Waals surface area contributed by atoms with E-state index in [1.807, 2.05) is 32.0 Å². The minimum absolute atomic E-state index is 0.0226. The summed E-state index contributed by atoms with van der Waals surface area (Å²) in [4.78, 5) is 12.1. The van der Waals surface area contributed by atoms with Gasteiger partial charge in [0.15, 0.2) is 9.84 Å². The molecule has 1 aromatic heterocycles. The van der Waals surface area contributed by atoms with Crippen molar-refractivity contribution in [2.45, 2.75) is 31.6 Å². The van der Waals surface area contributed by atoms with E-state index in [-0.39, 0.29) is 29.5 Å². The highest BCUT2D eigenvalue weighted by Crippen LogP contribution is 2.24. The number of carbonyl (C=O) groups excluding carboxylic acids is 1. The molecule has 2 aromatic carbocycles. The molecular formula is C20H20FN3O4S. The maximum atomic E-state index is 12.9. The quantitative estimate of drug-likeness (QED) is 0.588. The zero-order valence-electron chi connectivity index (χ0n) is 16.0. The molecule has 1 amide bonds. The molecule has 0 aliphatic carbocycles. The van der Waals surface area contributed by atoms with Crippen molar-refractivity contribution in [3.8, 4) is 11.5 Å². The second-order valence-corrected chi connectivity index (χ2v) is 8.76. The average molecular weight is 417 g/mol. The van der Waals surface area contributed by atoms with E-state index in [1.165, 1.54) is 12.1 Å². The lowest BCUT2D eigenvalue weighted by atomic mass is 10.1. The molecule has 0 saturated carbocycles. The lowest BCUT2D eigenvalue weighted by molar-refractivity contribution is -0.116. The number of hydrogen-bond donors (Lipinski definition) is 1. The number of aromatic nitrogens is 2. The SMILES string of the molecule is Cc1ccc(C)c(-c2nnc(NC(=O)CCCS(=O)(=O)c3ccc(F)cc3)o2)c1. The highest BCUT2D eigenvalue weighted by atomic mass is 32.2. The van der Waals surface area contributed by atoms with Crippen LogP contribution in [0.1, 0.15) is 24.0 Å². The molecule has 7 nitrogen and oxygen atoms in total. The fraction of sp³-hybridized carbons (Fsp3) is 0.250. The van der Waals surface area contributed by atoms with Gasteiger partial charge in [0.2, 0.25) is 11.8 Å². The summed E-state index contributed by atoms with van der Waals surface area (Å²) in [5, 5.41) is 10.2. The molecular weight excluding hydrogens is 397 g/mol. The van der Waals surface area contributed by atoms with Crippen LogP contribution >= 0.6 is 0 Å². The third-order valence-electron chi connectivity index (χ3n) is 4.28. The van der Waals surface area contributed by atoms with Gasteiger partial charge in [-0.1, -0.05) is 22.8 Å². The number of aryl methyl sites for hydroxylation is 2. The van der Waals surface area contributed by atoms with Crippen LogP contribution in [-0.2, 0) is 14.6 Å². The molecule has 152 valence electrons. The van der Waals surface area contributed by atoms with Crippen molar-refractivity contribution >= 4 is 21.8 Å². The maximum absolute atomic E-state index is 12.9. The van der Waals surface area contributed by atoms with Crippen LogP contribution in [0.15, 0.2) is 51.8 Å². The fourth-order valence-corrected chi connectivity index (χ4v) is 4.02. The van der Waals surface area contributed by atoms with E-state index < -0.39 is 21.6 Å². The van der Waals surface area contributed by atoms with Gasteiger partial charge in [-0.05, 0) is 56.2 Å². The third-order valence-corrected chi connectivity index (χ3v) is 6.10. The first kappa shape index (κ1) is 20.7. The van der Waals surface area contributed by atoms with Gasteiger partial charge in [0.25, 0.3) is 0 Å². The highest BCUT2D eigenvalue weighted by molar-refractivity contribution is 7.91. The number of benzene rings is 2. The van der Waals surface area contributed by atoms with Crippen molar-refractivity contribution in [1.29, 1.82) is 0 Å². The zero-order valence-corrected chi connectivity index (χ0v) is 16.8. The van der Waals surface area contributed by atoms with Gasteiger partial charge in [-0.25, -0.2) is 12.8 Å². The molecule has 0 unspecified atom stereocenters. The van der Waals surface area contributed by atoms with Gasteiger partial charge in [-0.3, -0.25) is 10.1 Å². The Balaban J connectivity index is 1.56. The van der Waals surface area contributed by atoms with E-state index in [4.69, 9.17) is 4.42 Å². The highest BCUT2D eigenvalue weighted by Gasteiger charge is 2.17. The Kier molecular flexibility index (Phi) is 6.07. The predicted molar refractivity (Wildman–Crippen MR) is 106 cm³/mol. The molecule has 3 aromatic rings. The van der Waals surface area contributed by atoms with E-state index in [9.17, 15) is 17.6 Å². The molecule has 0 bridgehead atoms. The molecule has 29 heavy (non-hydrogen) atoms. The molecule has 3 rings (SSSR count). The Morgan fingerprint density at radius 1 is 1.10 bits per heavy atom. The number of nitrogens with one attached hydrogen (secondary N) is 1. The average Bonchev–Trinajstić information content (AvgIpc) is 3.12. The smallest absolute Gasteiger partial charge is 0.322 e. The van der Waals surface area contributed by atoms with Crippen LogP contribution in [0.25, 0.3) is 11.5 Å². The van der Waals surface area contributed by atoms with Gasteiger partial charge >= 0.3 is 6.01 Å². The number of rotatable bonds is 7. The summed E-state index contributed by atoms with van der Waals surface area (Å²) in [6.07, 6.45) is 0.0607. The number of carbonyl (C=O) groups is 1. The van der Waals surface area contributed by atoms with Crippen molar-refractivity contribution < 1.29 is 22.0 Å².